The third-order valence-electron chi connectivity index (χ3n) is 4.38. The average molecular weight is 392 g/mol. The molecule has 1 aromatic carbocycles. The number of rotatable bonds is 4. The minimum absolute atomic E-state index is 0.0552. The number of carbonyl (C=O) groups is 1. The highest BCUT2D eigenvalue weighted by Crippen LogP contribution is 2.30. The molecule has 0 spiro atoms. The van der Waals surface area contributed by atoms with Gasteiger partial charge in [-0.25, -0.2) is 14.5 Å². The summed E-state index contributed by atoms with van der Waals surface area (Å²) in [5.74, 6) is 0.762. The van der Waals surface area contributed by atoms with Crippen molar-refractivity contribution in [3.05, 3.63) is 46.0 Å². The quantitative estimate of drug-likeness (QED) is 0.785. The fourth-order valence-electron chi connectivity index (χ4n) is 3.16. The van der Waals surface area contributed by atoms with Crippen LogP contribution in [-0.4, -0.2) is 20.8 Å². The Hall–Kier alpha value is -1.89. The van der Waals surface area contributed by atoms with Crippen molar-refractivity contribution in [1.82, 2.24) is 25.4 Å². The van der Waals surface area contributed by atoms with Gasteiger partial charge in [-0.3, -0.25) is 0 Å². The fourth-order valence-corrected chi connectivity index (χ4v) is 3.57. The zero-order valence-corrected chi connectivity index (χ0v) is 15.3. The van der Waals surface area contributed by atoms with Gasteiger partial charge in [0.25, 0.3) is 0 Å². The van der Waals surface area contributed by atoms with Gasteiger partial charge in [-0.1, -0.05) is 28.4 Å². The summed E-state index contributed by atoms with van der Waals surface area (Å²) in [5, 5.41) is 10.1. The van der Waals surface area contributed by atoms with Crippen LogP contribution in [0.5, 0.6) is 0 Å². The van der Waals surface area contributed by atoms with Crippen LogP contribution in [0, 0.1) is 0 Å². The molecular weight excluding hydrogens is 370 g/mol. The molecule has 0 radical (unpaired) electrons. The molecule has 6 nitrogen and oxygen atoms in total. The number of halogens is 1. The summed E-state index contributed by atoms with van der Waals surface area (Å²) in [6.45, 7) is 3.11. The van der Waals surface area contributed by atoms with Gasteiger partial charge in [-0.15, -0.1) is 0 Å². The summed E-state index contributed by atoms with van der Waals surface area (Å²) in [6, 6.07) is 6.21. The molecule has 1 aromatic heterocycles. The molecule has 1 aliphatic rings. The molecule has 24 heavy (non-hydrogen) atoms. The Bertz CT molecular complexity index is 715. The summed E-state index contributed by atoms with van der Waals surface area (Å²) >= 11 is 3.53. The van der Waals surface area contributed by atoms with E-state index in [9.17, 15) is 4.79 Å². The van der Waals surface area contributed by atoms with Crippen molar-refractivity contribution >= 4 is 22.0 Å². The number of nitrogens with zero attached hydrogens (tertiary/aromatic N) is 3. The van der Waals surface area contributed by atoms with Crippen molar-refractivity contribution in [3.8, 4) is 0 Å². The van der Waals surface area contributed by atoms with Crippen LogP contribution in [0.25, 0.3) is 0 Å². The maximum Gasteiger partial charge on any atom is 0.315 e. The summed E-state index contributed by atoms with van der Waals surface area (Å²) in [7, 11) is 0. The third kappa shape index (κ3) is 3.95. The first-order chi connectivity index (χ1) is 11.7. The maximum absolute atomic E-state index is 12.3. The summed E-state index contributed by atoms with van der Waals surface area (Å²) < 4.78 is 2.86. The minimum Gasteiger partial charge on any atom is -0.331 e. The van der Waals surface area contributed by atoms with E-state index in [2.05, 4.69) is 48.8 Å². The van der Waals surface area contributed by atoms with E-state index in [0.717, 1.165) is 42.5 Å². The molecule has 2 aromatic rings. The van der Waals surface area contributed by atoms with Crippen LogP contribution in [0.4, 0.5) is 4.79 Å². The summed E-state index contributed by atoms with van der Waals surface area (Å²) in [6.07, 6.45) is 5.81. The SMILES string of the molecule is CCn1ncnc1CNC(=O)NC1CCCCc2cc(Br)ccc21. The molecule has 128 valence electrons. The molecule has 1 unspecified atom stereocenters. The molecule has 1 aliphatic carbocycles. The highest BCUT2D eigenvalue weighted by Gasteiger charge is 2.20. The van der Waals surface area contributed by atoms with Gasteiger partial charge in [-0.2, -0.15) is 5.10 Å². The second kappa shape index (κ2) is 7.79. The van der Waals surface area contributed by atoms with Crippen molar-refractivity contribution in [1.29, 1.82) is 0 Å². The number of fused-ring (bicyclic) bond motifs is 1. The number of hydrogen-bond donors (Lipinski definition) is 2. The Morgan fingerprint density at radius 3 is 3.12 bits per heavy atom. The van der Waals surface area contributed by atoms with E-state index < -0.39 is 0 Å². The molecular formula is C17H22BrN5O. The van der Waals surface area contributed by atoms with Gasteiger partial charge in [0.2, 0.25) is 0 Å². The Morgan fingerprint density at radius 1 is 1.42 bits per heavy atom. The zero-order chi connectivity index (χ0) is 16.9. The van der Waals surface area contributed by atoms with E-state index in [4.69, 9.17) is 0 Å². The fraction of sp³-hybridized carbons (Fsp3) is 0.471. The first kappa shape index (κ1) is 17.0. The van der Waals surface area contributed by atoms with Crippen LogP contribution < -0.4 is 10.6 Å². The zero-order valence-electron chi connectivity index (χ0n) is 13.8. The lowest BCUT2D eigenvalue weighted by Crippen LogP contribution is -2.38. The van der Waals surface area contributed by atoms with Gasteiger partial charge in [-0.05, 0) is 49.4 Å². The molecule has 1 heterocycles. The van der Waals surface area contributed by atoms with E-state index in [-0.39, 0.29) is 12.1 Å². The van der Waals surface area contributed by atoms with Crippen molar-refractivity contribution in [2.75, 3.05) is 0 Å². The van der Waals surface area contributed by atoms with Gasteiger partial charge < -0.3 is 10.6 Å². The van der Waals surface area contributed by atoms with Crippen molar-refractivity contribution in [2.45, 2.75) is 51.7 Å². The number of benzene rings is 1. The molecule has 0 saturated carbocycles. The Morgan fingerprint density at radius 2 is 2.29 bits per heavy atom. The van der Waals surface area contributed by atoms with Crippen molar-refractivity contribution in [3.63, 3.8) is 0 Å². The number of amides is 2. The number of urea groups is 1. The molecule has 0 fully saturated rings. The number of aryl methyl sites for hydroxylation is 2. The number of aromatic nitrogens is 3. The van der Waals surface area contributed by atoms with Gasteiger partial charge in [0.05, 0.1) is 12.6 Å². The van der Waals surface area contributed by atoms with Gasteiger partial charge in [0, 0.05) is 11.0 Å². The van der Waals surface area contributed by atoms with Gasteiger partial charge >= 0.3 is 6.03 Å². The van der Waals surface area contributed by atoms with E-state index in [0.29, 0.717) is 6.54 Å². The van der Waals surface area contributed by atoms with E-state index in [1.54, 1.807) is 4.68 Å². The van der Waals surface area contributed by atoms with Crippen LogP contribution in [0.1, 0.15) is 49.2 Å². The normalized spacial score (nSPS) is 17.0. The third-order valence-corrected chi connectivity index (χ3v) is 4.87. The lowest BCUT2D eigenvalue weighted by atomic mass is 9.99. The number of carbonyl (C=O) groups excluding carboxylic acids is 1. The van der Waals surface area contributed by atoms with Crippen LogP contribution in [0.3, 0.4) is 0 Å². The summed E-state index contributed by atoms with van der Waals surface area (Å²) in [5.41, 5.74) is 2.54. The standard InChI is InChI=1S/C17H22BrN5O/c1-2-23-16(20-11-21-23)10-19-17(24)22-15-6-4-3-5-12-9-13(18)7-8-14(12)15/h7-9,11,15H,2-6,10H2,1H3,(H2,19,22,24). The second-order valence-corrected chi connectivity index (χ2v) is 6.88. The van der Waals surface area contributed by atoms with E-state index in [1.165, 1.54) is 17.5 Å². The monoisotopic (exact) mass is 391 g/mol. The maximum atomic E-state index is 12.3. The van der Waals surface area contributed by atoms with E-state index in [1.807, 2.05) is 13.0 Å². The Labute approximate surface area is 150 Å². The lowest BCUT2D eigenvalue weighted by Gasteiger charge is -2.20. The van der Waals surface area contributed by atoms with E-state index >= 15 is 0 Å². The average Bonchev–Trinajstić information content (AvgIpc) is 2.95. The van der Waals surface area contributed by atoms with Crippen LogP contribution in [0.15, 0.2) is 29.0 Å². The lowest BCUT2D eigenvalue weighted by molar-refractivity contribution is 0.235. The number of nitrogens with one attached hydrogen (secondary N) is 2. The molecule has 2 N–H and O–H groups in total. The van der Waals surface area contributed by atoms with Crippen molar-refractivity contribution in [2.24, 2.45) is 0 Å². The molecule has 3 rings (SSSR count). The predicted octanol–water partition coefficient (Wildman–Crippen LogP) is 3.33. The van der Waals surface area contributed by atoms with Crippen LogP contribution in [-0.2, 0) is 19.5 Å². The van der Waals surface area contributed by atoms with Crippen molar-refractivity contribution < 1.29 is 4.79 Å². The molecule has 1 atom stereocenters. The smallest absolute Gasteiger partial charge is 0.315 e. The first-order valence-electron chi connectivity index (χ1n) is 8.36. The van der Waals surface area contributed by atoms with Crippen LogP contribution in [0.2, 0.25) is 0 Å². The highest BCUT2D eigenvalue weighted by atomic mass is 79.9. The van der Waals surface area contributed by atoms with Crippen LogP contribution >= 0.6 is 15.9 Å². The Balaban J connectivity index is 1.64. The molecule has 0 bridgehead atoms. The molecule has 0 saturated heterocycles. The Kier molecular flexibility index (Phi) is 5.50. The molecule has 7 heteroatoms. The second-order valence-electron chi connectivity index (χ2n) is 5.96. The topological polar surface area (TPSA) is 71.8 Å². The summed E-state index contributed by atoms with van der Waals surface area (Å²) in [4.78, 5) is 16.5. The molecule has 0 aliphatic heterocycles. The van der Waals surface area contributed by atoms with Gasteiger partial charge in [0.1, 0.15) is 12.2 Å². The minimum atomic E-state index is -0.165. The highest BCUT2D eigenvalue weighted by molar-refractivity contribution is 9.10. The largest absolute Gasteiger partial charge is 0.331 e. The first-order valence-corrected chi connectivity index (χ1v) is 9.16. The van der Waals surface area contributed by atoms with Gasteiger partial charge in [0.15, 0.2) is 0 Å². The molecule has 2 amide bonds. The number of hydrogen-bond acceptors (Lipinski definition) is 3. The predicted molar refractivity (Wildman–Crippen MR) is 95.5 cm³/mol.